The van der Waals surface area contributed by atoms with Crippen molar-refractivity contribution in [3.05, 3.63) is 70.8 Å². The maximum Gasteiger partial charge on any atom is 0.230 e. The van der Waals surface area contributed by atoms with Crippen LogP contribution < -0.4 is 5.32 Å². The van der Waals surface area contributed by atoms with Crippen LogP contribution in [-0.2, 0) is 11.3 Å². The molecule has 0 atom stereocenters. The van der Waals surface area contributed by atoms with Crippen molar-refractivity contribution in [1.29, 1.82) is 5.26 Å². The molecule has 1 amide bonds. The van der Waals surface area contributed by atoms with Gasteiger partial charge in [-0.1, -0.05) is 53.2 Å². The summed E-state index contributed by atoms with van der Waals surface area (Å²) in [5.74, 6) is 0.149. The third kappa shape index (κ3) is 4.41. The second-order valence-electron chi connectivity index (χ2n) is 6.20. The first-order valence-electron chi connectivity index (χ1n) is 8.32. The van der Waals surface area contributed by atoms with Gasteiger partial charge in [0.2, 0.25) is 5.91 Å². The zero-order valence-electron chi connectivity index (χ0n) is 14.7. The monoisotopic (exact) mass is 361 g/mol. The van der Waals surface area contributed by atoms with Gasteiger partial charge in [-0.25, -0.2) is 4.98 Å². The lowest BCUT2D eigenvalue weighted by atomic mass is 10.1. The maximum absolute atomic E-state index is 12.1. The third-order valence-corrected chi connectivity index (χ3v) is 5.00. The van der Waals surface area contributed by atoms with Gasteiger partial charge in [0.05, 0.1) is 16.8 Å². The fraction of sp³-hybridized carbons (Fsp3) is 0.190. The summed E-state index contributed by atoms with van der Waals surface area (Å²) in [5, 5.41) is 13.8. The minimum Gasteiger partial charge on any atom is -0.351 e. The van der Waals surface area contributed by atoms with E-state index in [4.69, 9.17) is 0 Å². The number of aromatic nitrogens is 1. The molecule has 0 spiro atoms. The molecule has 1 N–H and O–H groups in total. The fourth-order valence-electron chi connectivity index (χ4n) is 2.56. The third-order valence-electron chi connectivity index (χ3n) is 4.01. The van der Waals surface area contributed by atoms with E-state index in [0.717, 1.165) is 22.0 Å². The van der Waals surface area contributed by atoms with E-state index < -0.39 is 0 Å². The Kier molecular flexibility index (Phi) is 5.55. The standard InChI is InChI=1S/C21H19N3OS/c1-14-3-6-16(7-4-14)12-23-20(25)13-26-21-18(11-22)10-17-9-15(2)5-8-19(17)24-21/h3-10H,12-13H2,1-2H3,(H,23,25). The first kappa shape index (κ1) is 18.0. The minimum atomic E-state index is -0.0785. The number of pyridine rings is 1. The Bertz CT molecular complexity index is 991. The predicted octanol–water partition coefficient (Wildman–Crippen LogP) is 4.13. The molecule has 0 aliphatic carbocycles. The van der Waals surface area contributed by atoms with Gasteiger partial charge in [0.25, 0.3) is 0 Å². The Morgan fingerprint density at radius 3 is 2.58 bits per heavy atom. The van der Waals surface area contributed by atoms with Crippen molar-refractivity contribution < 1.29 is 4.79 Å². The summed E-state index contributed by atoms with van der Waals surface area (Å²) in [4.78, 5) is 16.7. The Hall–Kier alpha value is -2.84. The Balaban J connectivity index is 1.65. The molecule has 2 aromatic carbocycles. The van der Waals surface area contributed by atoms with Gasteiger partial charge >= 0.3 is 0 Å². The average Bonchev–Trinajstić information content (AvgIpc) is 2.65. The van der Waals surface area contributed by atoms with Gasteiger partial charge in [-0.3, -0.25) is 4.79 Å². The molecule has 3 rings (SSSR count). The number of benzene rings is 2. The average molecular weight is 361 g/mol. The molecule has 1 aromatic heterocycles. The lowest BCUT2D eigenvalue weighted by Gasteiger charge is -2.08. The molecule has 0 fully saturated rings. The quantitative estimate of drug-likeness (QED) is 0.694. The summed E-state index contributed by atoms with van der Waals surface area (Å²) in [6.07, 6.45) is 0. The zero-order valence-corrected chi connectivity index (χ0v) is 15.6. The largest absolute Gasteiger partial charge is 0.351 e. The summed E-state index contributed by atoms with van der Waals surface area (Å²) >= 11 is 1.29. The predicted molar refractivity (Wildman–Crippen MR) is 105 cm³/mol. The molecule has 0 aliphatic rings. The molecular formula is C21H19N3OS. The van der Waals surface area contributed by atoms with Crippen LogP contribution in [0.15, 0.2) is 53.6 Å². The van der Waals surface area contributed by atoms with E-state index in [1.807, 2.05) is 62.4 Å². The highest BCUT2D eigenvalue weighted by Crippen LogP contribution is 2.25. The highest BCUT2D eigenvalue weighted by Gasteiger charge is 2.10. The number of nitrogens with one attached hydrogen (secondary N) is 1. The lowest BCUT2D eigenvalue weighted by molar-refractivity contribution is -0.118. The van der Waals surface area contributed by atoms with Gasteiger partial charge in [0, 0.05) is 11.9 Å². The molecule has 130 valence electrons. The molecule has 3 aromatic rings. The van der Waals surface area contributed by atoms with Crippen LogP contribution in [0.4, 0.5) is 0 Å². The van der Waals surface area contributed by atoms with Crippen LogP contribution in [0.3, 0.4) is 0 Å². The molecule has 0 radical (unpaired) electrons. The number of nitriles is 1. The van der Waals surface area contributed by atoms with Crippen molar-refractivity contribution in [3.63, 3.8) is 0 Å². The van der Waals surface area contributed by atoms with Crippen molar-refractivity contribution in [2.24, 2.45) is 0 Å². The van der Waals surface area contributed by atoms with Crippen LogP contribution >= 0.6 is 11.8 Å². The Labute approximate surface area is 157 Å². The van der Waals surface area contributed by atoms with Gasteiger partial charge in [-0.15, -0.1) is 0 Å². The summed E-state index contributed by atoms with van der Waals surface area (Å²) in [6.45, 7) is 4.53. The van der Waals surface area contributed by atoms with Crippen LogP contribution in [0.5, 0.6) is 0 Å². The molecule has 0 saturated carbocycles. The zero-order chi connectivity index (χ0) is 18.5. The van der Waals surface area contributed by atoms with Gasteiger partial charge in [0.15, 0.2) is 0 Å². The summed E-state index contributed by atoms with van der Waals surface area (Å²) in [5.41, 5.74) is 4.71. The van der Waals surface area contributed by atoms with E-state index in [9.17, 15) is 10.1 Å². The number of fused-ring (bicyclic) bond motifs is 1. The fourth-order valence-corrected chi connectivity index (χ4v) is 3.35. The van der Waals surface area contributed by atoms with Crippen LogP contribution in [0.2, 0.25) is 0 Å². The molecule has 0 bridgehead atoms. The second-order valence-corrected chi connectivity index (χ2v) is 7.16. The van der Waals surface area contributed by atoms with E-state index >= 15 is 0 Å². The van der Waals surface area contributed by atoms with Crippen LogP contribution in [0, 0.1) is 25.2 Å². The van der Waals surface area contributed by atoms with Gasteiger partial charge < -0.3 is 5.32 Å². The van der Waals surface area contributed by atoms with Gasteiger partial charge in [0.1, 0.15) is 11.1 Å². The summed E-state index contributed by atoms with van der Waals surface area (Å²) < 4.78 is 0. The number of hydrogen-bond acceptors (Lipinski definition) is 4. The number of hydrogen-bond donors (Lipinski definition) is 1. The van der Waals surface area contributed by atoms with Crippen molar-refractivity contribution in [2.75, 3.05) is 5.75 Å². The highest BCUT2D eigenvalue weighted by atomic mass is 32.2. The Morgan fingerprint density at radius 2 is 1.85 bits per heavy atom. The number of amides is 1. The highest BCUT2D eigenvalue weighted by molar-refractivity contribution is 8.00. The number of thioether (sulfide) groups is 1. The van der Waals surface area contributed by atoms with E-state index in [1.165, 1.54) is 17.3 Å². The first-order valence-corrected chi connectivity index (χ1v) is 9.30. The molecular weight excluding hydrogens is 342 g/mol. The number of carbonyl (C=O) groups is 1. The number of aryl methyl sites for hydroxylation is 2. The maximum atomic E-state index is 12.1. The molecule has 0 unspecified atom stereocenters. The second kappa shape index (κ2) is 8.03. The number of nitrogens with zero attached hydrogens (tertiary/aromatic N) is 2. The lowest BCUT2D eigenvalue weighted by Crippen LogP contribution is -2.24. The topological polar surface area (TPSA) is 65.8 Å². The molecule has 1 heterocycles. The van der Waals surface area contributed by atoms with Gasteiger partial charge in [-0.05, 0) is 37.6 Å². The van der Waals surface area contributed by atoms with Crippen LogP contribution in [0.1, 0.15) is 22.3 Å². The van der Waals surface area contributed by atoms with Crippen molar-refractivity contribution >= 4 is 28.6 Å². The number of carbonyl (C=O) groups excluding carboxylic acids is 1. The summed E-state index contributed by atoms with van der Waals surface area (Å²) in [6, 6.07) is 18.0. The summed E-state index contributed by atoms with van der Waals surface area (Å²) in [7, 11) is 0. The molecule has 0 aliphatic heterocycles. The first-order chi connectivity index (χ1) is 12.5. The molecule has 4 nitrogen and oxygen atoms in total. The molecule has 0 saturated heterocycles. The number of rotatable bonds is 5. The van der Waals surface area contributed by atoms with E-state index in [2.05, 4.69) is 16.4 Å². The smallest absolute Gasteiger partial charge is 0.230 e. The van der Waals surface area contributed by atoms with Crippen molar-refractivity contribution in [1.82, 2.24) is 10.3 Å². The van der Waals surface area contributed by atoms with Gasteiger partial charge in [-0.2, -0.15) is 5.26 Å². The van der Waals surface area contributed by atoms with Crippen LogP contribution in [0.25, 0.3) is 10.9 Å². The van der Waals surface area contributed by atoms with E-state index in [-0.39, 0.29) is 11.7 Å². The van der Waals surface area contributed by atoms with E-state index in [0.29, 0.717) is 17.1 Å². The minimum absolute atomic E-state index is 0.0785. The molecule has 5 heteroatoms. The van der Waals surface area contributed by atoms with Crippen molar-refractivity contribution in [2.45, 2.75) is 25.4 Å². The van der Waals surface area contributed by atoms with Crippen molar-refractivity contribution in [3.8, 4) is 6.07 Å². The van der Waals surface area contributed by atoms with Crippen LogP contribution in [-0.4, -0.2) is 16.6 Å². The molecule has 26 heavy (non-hydrogen) atoms. The Morgan fingerprint density at radius 1 is 1.12 bits per heavy atom. The SMILES string of the molecule is Cc1ccc(CNC(=O)CSc2nc3ccc(C)cc3cc2C#N)cc1. The van der Waals surface area contributed by atoms with E-state index in [1.54, 1.807) is 0 Å². The normalized spacial score (nSPS) is 10.5.